The Hall–Kier alpha value is -0.870. The lowest BCUT2D eigenvalue weighted by molar-refractivity contribution is -0.117. The van der Waals surface area contributed by atoms with Crippen molar-refractivity contribution in [2.45, 2.75) is 13.3 Å². The average molecular weight is 286 g/mol. The van der Waals surface area contributed by atoms with Crippen LogP contribution in [0.25, 0.3) is 0 Å². The van der Waals surface area contributed by atoms with E-state index < -0.39 is 0 Å². The molecule has 98 valence electrons. The number of amides is 1. The van der Waals surface area contributed by atoms with Gasteiger partial charge in [0, 0.05) is 18.0 Å². The van der Waals surface area contributed by atoms with Gasteiger partial charge in [-0.1, -0.05) is 11.6 Å². The summed E-state index contributed by atoms with van der Waals surface area (Å²) in [5.41, 5.74) is 0.763. The van der Waals surface area contributed by atoms with Gasteiger partial charge in [-0.25, -0.2) is 0 Å². The van der Waals surface area contributed by atoms with Gasteiger partial charge in [-0.3, -0.25) is 4.79 Å². The minimum atomic E-state index is 0.109. The molecule has 1 unspecified atom stereocenters. The largest absolute Gasteiger partial charge is 0.492 e. The number of thiol groups is 1. The Balaban J connectivity index is 2.31. The van der Waals surface area contributed by atoms with E-state index in [0.29, 0.717) is 42.0 Å². The van der Waals surface area contributed by atoms with E-state index >= 15 is 0 Å². The zero-order valence-electron chi connectivity index (χ0n) is 10.2. The molecule has 2 rings (SSSR count). The van der Waals surface area contributed by atoms with Crippen molar-refractivity contribution < 1.29 is 9.53 Å². The first-order valence-electron chi connectivity index (χ1n) is 5.99. The minimum Gasteiger partial charge on any atom is -0.492 e. The van der Waals surface area contributed by atoms with Crippen molar-refractivity contribution in [1.29, 1.82) is 0 Å². The number of halogens is 1. The van der Waals surface area contributed by atoms with Crippen molar-refractivity contribution in [3.63, 3.8) is 0 Å². The molecule has 1 amide bonds. The SMILES string of the molecule is CCOc1ccc(Cl)cc1N1CC(CS)CC1=O. The number of hydrogen-bond donors (Lipinski definition) is 1. The van der Waals surface area contributed by atoms with Gasteiger partial charge < -0.3 is 9.64 Å². The molecule has 0 aliphatic carbocycles. The fourth-order valence-corrected chi connectivity index (χ4v) is 2.53. The van der Waals surface area contributed by atoms with Gasteiger partial charge >= 0.3 is 0 Å². The smallest absolute Gasteiger partial charge is 0.227 e. The molecule has 0 spiro atoms. The number of hydrogen-bond acceptors (Lipinski definition) is 3. The number of carbonyl (C=O) groups excluding carboxylic acids is 1. The summed E-state index contributed by atoms with van der Waals surface area (Å²) < 4.78 is 5.55. The van der Waals surface area contributed by atoms with Gasteiger partial charge in [0.1, 0.15) is 5.75 Å². The van der Waals surface area contributed by atoms with Crippen LogP contribution < -0.4 is 9.64 Å². The van der Waals surface area contributed by atoms with Gasteiger partial charge in [-0.15, -0.1) is 0 Å². The molecule has 18 heavy (non-hydrogen) atoms. The number of nitrogens with zero attached hydrogens (tertiary/aromatic N) is 1. The first kappa shape index (κ1) is 13.6. The van der Waals surface area contributed by atoms with E-state index in [-0.39, 0.29) is 5.91 Å². The van der Waals surface area contributed by atoms with Crippen LogP contribution in [0.3, 0.4) is 0 Å². The number of ether oxygens (including phenoxy) is 1. The van der Waals surface area contributed by atoms with Crippen LogP contribution >= 0.6 is 24.2 Å². The highest BCUT2D eigenvalue weighted by Crippen LogP contribution is 2.35. The third kappa shape index (κ3) is 2.75. The molecule has 0 aromatic heterocycles. The predicted molar refractivity (Wildman–Crippen MR) is 76.9 cm³/mol. The van der Waals surface area contributed by atoms with Crippen molar-refractivity contribution in [1.82, 2.24) is 0 Å². The highest BCUT2D eigenvalue weighted by molar-refractivity contribution is 7.80. The minimum absolute atomic E-state index is 0.109. The van der Waals surface area contributed by atoms with Crippen molar-refractivity contribution in [2.24, 2.45) is 5.92 Å². The Morgan fingerprint density at radius 1 is 1.56 bits per heavy atom. The van der Waals surface area contributed by atoms with E-state index in [1.54, 1.807) is 17.0 Å². The van der Waals surface area contributed by atoms with Crippen LogP contribution in [0, 0.1) is 5.92 Å². The topological polar surface area (TPSA) is 29.5 Å². The van der Waals surface area contributed by atoms with Gasteiger partial charge in [0.05, 0.1) is 12.3 Å². The highest BCUT2D eigenvalue weighted by atomic mass is 35.5. The average Bonchev–Trinajstić information content (AvgIpc) is 2.73. The Morgan fingerprint density at radius 3 is 2.94 bits per heavy atom. The second kappa shape index (κ2) is 5.85. The van der Waals surface area contributed by atoms with Crippen LogP contribution in [0.1, 0.15) is 13.3 Å². The number of anilines is 1. The van der Waals surface area contributed by atoms with Crippen molar-refractivity contribution in [3.8, 4) is 5.75 Å². The van der Waals surface area contributed by atoms with Gasteiger partial charge in [-0.05, 0) is 36.8 Å². The molecule has 1 aromatic rings. The molecule has 0 radical (unpaired) electrons. The molecule has 1 heterocycles. The zero-order valence-corrected chi connectivity index (χ0v) is 11.9. The molecular formula is C13H16ClNO2S. The van der Waals surface area contributed by atoms with Gasteiger partial charge in [0.2, 0.25) is 5.91 Å². The molecule has 1 atom stereocenters. The standard InChI is InChI=1S/C13H16ClNO2S/c1-2-17-12-4-3-10(14)6-11(12)15-7-9(8-18)5-13(15)16/h3-4,6,9,18H,2,5,7-8H2,1H3. The molecule has 0 bridgehead atoms. The van der Waals surface area contributed by atoms with E-state index in [0.717, 1.165) is 5.69 Å². The molecule has 5 heteroatoms. The quantitative estimate of drug-likeness (QED) is 0.862. The number of rotatable bonds is 4. The van der Waals surface area contributed by atoms with E-state index in [1.165, 1.54) is 0 Å². The molecule has 0 saturated carbocycles. The van der Waals surface area contributed by atoms with E-state index in [2.05, 4.69) is 12.6 Å². The zero-order chi connectivity index (χ0) is 13.1. The molecular weight excluding hydrogens is 270 g/mol. The summed E-state index contributed by atoms with van der Waals surface area (Å²) in [6, 6.07) is 5.36. The van der Waals surface area contributed by atoms with Crippen molar-refractivity contribution >= 4 is 35.8 Å². The second-order valence-electron chi connectivity index (χ2n) is 4.30. The van der Waals surface area contributed by atoms with Crippen LogP contribution in [-0.2, 0) is 4.79 Å². The lowest BCUT2D eigenvalue weighted by Crippen LogP contribution is -2.25. The van der Waals surface area contributed by atoms with E-state index in [4.69, 9.17) is 16.3 Å². The number of benzene rings is 1. The summed E-state index contributed by atoms with van der Waals surface area (Å²) in [5, 5.41) is 0.607. The first-order valence-corrected chi connectivity index (χ1v) is 7.00. The van der Waals surface area contributed by atoms with Crippen LogP contribution in [0.15, 0.2) is 18.2 Å². The normalized spacial score (nSPS) is 19.4. The fraction of sp³-hybridized carbons (Fsp3) is 0.462. The van der Waals surface area contributed by atoms with Crippen LogP contribution in [0.2, 0.25) is 5.02 Å². The van der Waals surface area contributed by atoms with Crippen LogP contribution in [-0.4, -0.2) is 24.8 Å². The Labute approximate surface area is 117 Å². The monoisotopic (exact) mass is 285 g/mol. The van der Waals surface area contributed by atoms with Crippen molar-refractivity contribution in [3.05, 3.63) is 23.2 Å². The van der Waals surface area contributed by atoms with Gasteiger partial charge in [-0.2, -0.15) is 12.6 Å². The molecule has 3 nitrogen and oxygen atoms in total. The van der Waals surface area contributed by atoms with Crippen LogP contribution in [0.4, 0.5) is 5.69 Å². The summed E-state index contributed by atoms with van der Waals surface area (Å²) in [4.78, 5) is 13.8. The lowest BCUT2D eigenvalue weighted by atomic mass is 10.1. The maximum absolute atomic E-state index is 12.0. The summed E-state index contributed by atoms with van der Waals surface area (Å²) in [7, 11) is 0. The van der Waals surface area contributed by atoms with Gasteiger partial charge in [0.15, 0.2) is 0 Å². The Morgan fingerprint density at radius 2 is 2.33 bits per heavy atom. The highest BCUT2D eigenvalue weighted by Gasteiger charge is 2.31. The Bertz CT molecular complexity index is 453. The Kier molecular flexibility index (Phi) is 4.40. The maximum atomic E-state index is 12.0. The van der Waals surface area contributed by atoms with Gasteiger partial charge in [0.25, 0.3) is 0 Å². The molecule has 1 aromatic carbocycles. The maximum Gasteiger partial charge on any atom is 0.227 e. The molecule has 1 fully saturated rings. The first-order chi connectivity index (χ1) is 8.65. The van der Waals surface area contributed by atoms with Crippen LogP contribution in [0.5, 0.6) is 5.75 Å². The third-order valence-corrected chi connectivity index (χ3v) is 3.73. The summed E-state index contributed by atoms with van der Waals surface area (Å²) >= 11 is 10.3. The molecule has 1 saturated heterocycles. The fourth-order valence-electron chi connectivity index (χ4n) is 2.12. The third-order valence-electron chi connectivity index (χ3n) is 2.97. The predicted octanol–water partition coefficient (Wildman–Crippen LogP) is 3.02. The summed E-state index contributed by atoms with van der Waals surface area (Å²) in [6.07, 6.45) is 0.543. The molecule has 1 aliphatic rings. The van der Waals surface area contributed by atoms with Crippen molar-refractivity contribution in [2.75, 3.05) is 23.8 Å². The molecule has 0 N–H and O–H groups in total. The summed E-state index contributed by atoms with van der Waals surface area (Å²) in [6.45, 7) is 3.16. The summed E-state index contributed by atoms with van der Waals surface area (Å²) in [5.74, 6) is 1.83. The molecule has 1 aliphatic heterocycles. The van der Waals surface area contributed by atoms with E-state index in [1.807, 2.05) is 13.0 Å². The second-order valence-corrected chi connectivity index (χ2v) is 5.10. The van der Waals surface area contributed by atoms with E-state index in [9.17, 15) is 4.79 Å². The number of carbonyl (C=O) groups is 1. The lowest BCUT2D eigenvalue weighted by Gasteiger charge is -2.20.